The predicted octanol–water partition coefficient (Wildman–Crippen LogP) is 2.90. The van der Waals surface area contributed by atoms with Gasteiger partial charge >= 0.3 is 0 Å². The van der Waals surface area contributed by atoms with Crippen molar-refractivity contribution in [2.45, 2.75) is 30.9 Å². The lowest BCUT2D eigenvalue weighted by Crippen LogP contribution is -2.46. The second kappa shape index (κ2) is 5.37. The normalized spacial score (nSPS) is 33.4. The molecule has 2 aliphatic rings. The molecule has 3 rings (SSSR count). The van der Waals surface area contributed by atoms with E-state index >= 15 is 0 Å². The van der Waals surface area contributed by atoms with Crippen LogP contribution in [0.25, 0.3) is 0 Å². The molecule has 0 aromatic heterocycles. The van der Waals surface area contributed by atoms with Gasteiger partial charge in [0.1, 0.15) is 5.82 Å². The van der Waals surface area contributed by atoms with Crippen LogP contribution < -0.4 is 5.73 Å². The Morgan fingerprint density at radius 3 is 3.00 bits per heavy atom. The van der Waals surface area contributed by atoms with E-state index in [0.29, 0.717) is 10.7 Å². The Labute approximate surface area is 122 Å². The Kier molecular flexibility index (Phi) is 3.73. The zero-order valence-electron chi connectivity index (χ0n) is 11.5. The third-order valence-electron chi connectivity index (χ3n) is 4.49. The van der Waals surface area contributed by atoms with Crippen LogP contribution in [0.3, 0.4) is 0 Å². The van der Waals surface area contributed by atoms with Gasteiger partial charge in [-0.15, -0.1) is 0 Å². The van der Waals surface area contributed by atoms with Gasteiger partial charge in [-0.3, -0.25) is 4.99 Å². The van der Waals surface area contributed by atoms with Crippen LogP contribution in [0, 0.1) is 11.7 Å². The average molecular weight is 294 g/mol. The lowest BCUT2D eigenvalue weighted by molar-refractivity contribution is 0.0229. The fraction of sp³-hybridized carbons (Fsp3) is 0.533. The quantitative estimate of drug-likeness (QED) is 0.912. The molecule has 1 aliphatic carbocycles. The maximum atomic E-state index is 14.3. The highest BCUT2D eigenvalue weighted by molar-refractivity contribution is 8.13. The van der Waals surface area contributed by atoms with Gasteiger partial charge in [0.2, 0.25) is 0 Å². The van der Waals surface area contributed by atoms with E-state index in [1.807, 2.05) is 12.1 Å². The number of aliphatic imine (C=N–C) groups is 1. The summed E-state index contributed by atoms with van der Waals surface area (Å²) in [6.07, 6.45) is 2.84. The van der Waals surface area contributed by atoms with Crippen LogP contribution in [-0.2, 0) is 10.3 Å². The highest BCUT2D eigenvalue weighted by atomic mass is 32.2. The number of hydrogen-bond donors (Lipinski definition) is 1. The second-order valence-electron chi connectivity index (χ2n) is 5.49. The van der Waals surface area contributed by atoms with Crippen molar-refractivity contribution in [1.29, 1.82) is 0 Å². The van der Waals surface area contributed by atoms with Gasteiger partial charge < -0.3 is 10.5 Å². The Hall–Kier alpha value is -1.07. The third-order valence-corrected chi connectivity index (χ3v) is 5.44. The number of nitrogens with two attached hydrogens (primary N) is 1. The van der Waals surface area contributed by atoms with Gasteiger partial charge in [0.25, 0.3) is 0 Å². The van der Waals surface area contributed by atoms with Crippen molar-refractivity contribution in [1.82, 2.24) is 0 Å². The predicted molar refractivity (Wildman–Crippen MR) is 80.3 cm³/mol. The first-order valence-electron chi connectivity index (χ1n) is 6.91. The number of thioether (sulfide) groups is 1. The summed E-state index contributed by atoms with van der Waals surface area (Å²) >= 11 is 1.57. The second-order valence-corrected chi connectivity index (χ2v) is 6.53. The van der Waals surface area contributed by atoms with Gasteiger partial charge in [0.05, 0.1) is 11.6 Å². The minimum Gasteiger partial charge on any atom is -0.381 e. The number of methoxy groups -OCH3 is 1. The van der Waals surface area contributed by atoms with Crippen molar-refractivity contribution >= 4 is 16.9 Å². The van der Waals surface area contributed by atoms with E-state index in [2.05, 4.69) is 0 Å². The first-order valence-corrected chi connectivity index (χ1v) is 7.90. The van der Waals surface area contributed by atoms with Crippen LogP contribution in [0.5, 0.6) is 0 Å². The van der Waals surface area contributed by atoms with E-state index in [9.17, 15) is 4.39 Å². The number of nitrogens with zero attached hydrogens (tertiary/aromatic N) is 1. The van der Waals surface area contributed by atoms with Crippen LogP contribution in [0.4, 0.5) is 4.39 Å². The fourth-order valence-corrected chi connectivity index (χ4v) is 4.44. The smallest absolute Gasteiger partial charge is 0.154 e. The molecule has 1 unspecified atom stereocenters. The molecular formula is C15H19FN2OS. The molecule has 108 valence electrons. The molecule has 3 atom stereocenters. The SMILES string of the molecule is CO[C@@H]1CCC2(c3ccccc3F)N=C(N)SC[C@@H]2C1. The summed E-state index contributed by atoms with van der Waals surface area (Å²) in [5, 5.41) is 0.570. The standard InChI is InChI=1S/C15H19FN2OS/c1-19-11-6-7-15(12-4-2-3-5-13(12)16)10(8-11)9-20-14(17)18-15/h2-5,10-11H,6-9H2,1H3,(H2,17,18)/t10-,11+,15?/m0/s1. The van der Waals surface area contributed by atoms with Crippen LogP contribution in [0.1, 0.15) is 24.8 Å². The Morgan fingerprint density at radius 2 is 2.25 bits per heavy atom. The molecule has 1 aromatic carbocycles. The number of ether oxygens (including phenoxy) is 1. The number of benzene rings is 1. The number of rotatable bonds is 2. The van der Waals surface area contributed by atoms with Crippen molar-refractivity contribution in [3.05, 3.63) is 35.6 Å². The van der Waals surface area contributed by atoms with E-state index in [0.717, 1.165) is 25.0 Å². The fourth-order valence-electron chi connectivity index (χ4n) is 3.42. The van der Waals surface area contributed by atoms with Crippen molar-refractivity contribution in [2.75, 3.05) is 12.9 Å². The molecule has 0 spiro atoms. The summed E-state index contributed by atoms with van der Waals surface area (Å²) in [7, 11) is 1.74. The summed E-state index contributed by atoms with van der Waals surface area (Å²) in [5.41, 5.74) is 6.12. The molecule has 1 heterocycles. The number of fused-ring (bicyclic) bond motifs is 1. The zero-order chi connectivity index (χ0) is 14.2. The lowest BCUT2D eigenvalue weighted by atomic mass is 9.68. The molecule has 0 saturated heterocycles. The van der Waals surface area contributed by atoms with E-state index in [1.54, 1.807) is 24.9 Å². The van der Waals surface area contributed by atoms with Gasteiger partial charge in [0, 0.05) is 24.3 Å². The number of halogens is 1. The Balaban J connectivity index is 2.06. The number of hydrogen-bond acceptors (Lipinski definition) is 4. The topological polar surface area (TPSA) is 47.6 Å². The molecule has 1 aliphatic heterocycles. The summed E-state index contributed by atoms with van der Waals surface area (Å²) in [6.45, 7) is 0. The van der Waals surface area contributed by atoms with Gasteiger partial charge in [-0.25, -0.2) is 4.39 Å². The van der Waals surface area contributed by atoms with E-state index in [4.69, 9.17) is 15.5 Å². The zero-order valence-corrected chi connectivity index (χ0v) is 12.3. The molecule has 1 aromatic rings. The number of amidine groups is 1. The molecule has 0 amide bonds. The minimum atomic E-state index is -0.504. The summed E-state index contributed by atoms with van der Waals surface area (Å²) in [4.78, 5) is 4.70. The third kappa shape index (κ3) is 2.23. The lowest BCUT2D eigenvalue weighted by Gasteiger charge is -2.46. The van der Waals surface area contributed by atoms with Crippen LogP contribution in [0.15, 0.2) is 29.3 Å². The molecule has 0 bridgehead atoms. The van der Waals surface area contributed by atoms with E-state index in [-0.39, 0.29) is 17.8 Å². The maximum Gasteiger partial charge on any atom is 0.154 e. The van der Waals surface area contributed by atoms with Crippen molar-refractivity contribution < 1.29 is 9.13 Å². The molecule has 1 saturated carbocycles. The average Bonchev–Trinajstić information content (AvgIpc) is 2.47. The van der Waals surface area contributed by atoms with Gasteiger partial charge in [0.15, 0.2) is 5.17 Å². The summed E-state index contributed by atoms with van der Waals surface area (Å²) in [5.74, 6) is 0.969. The van der Waals surface area contributed by atoms with Gasteiger partial charge in [-0.1, -0.05) is 30.0 Å². The molecule has 0 radical (unpaired) electrons. The van der Waals surface area contributed by atoms with E-state index in [1.165, 1.54) is 6.07 Å². The molecule has 1 fully saturated rings. The summed E-state index contributed by atoms with van der Waals surface area (Å²) in [6, 6.07) is 6.95. The molecule has 5 heteroatoms. The van der Waals surface area contributed by atoms with Crippen molar-refractivity contribution in [3.63, 3.8) is 0 Å². The largest absolute Gasteiger partial charge is 0.381 e. The van der Waals surface area contributed by atoms with Gasteiger partial charge in [-0.2, -0.15) is 0 Å². The van der Waals surface area contributed by atoms with Crippen LogP contribution in [-0.4, -0.2) is 24.1 Å². The highest BCUT2D eigenvalue weighted by Crippen LogP contribution is 2.50. The molecule has 20 heavy (non-hydrogen) atoms. The first kappa shape index (κ1) is 13.9. The van der Waals surface area contributed by atoms with Crippen LogP contribution >= 0.6 is 11.8 Å². The van der Waals surface area contributed by atoms with Gasteiger partial charge in [-0.05, 0) is 25.3 Å². The van der Waals surface area contributed by atoms with Crippen LogP contribution in [0.2, 0.25) is 0 Å². The Morgan fingerprint density at radius 1 is 1.45 bits per heavy atom. The maximum absolute atomic E-state index is 14.3. The highest BCUT2D eigenvalue weighted by Gasteiger charge is 2.48. The minimum absolute atomic E-state index is 0.184. The van der Waals surface area contributed by atoms with Crippen molar-refractivity contribution in [2.24, 2.45) is 16.6 Å². The van der Waals surface area contributed by atoms with E-state index < -0.39 is 5.54 Å². The monoisotopic (exact) mass is 294 g/mol. The molecule has 3 nitrogen and oxygen atoms in total. The Bertz CT molecular complexity index is 536. The molecular weight excluding hydrogens is 275 g/mol. The first-order chi connectivity index (χ1) is 9.65. The summed E-state index contributed by atoms with van der Waals surface area (Å²) < 4.78 is 19.8. The molecule has 2 N–H and O–H groups in total. The van der Waals surface area contributed by atoms with Crippen molar-refractivity contribution in [3.8, 4) is 0 Å².